The fraction of sp³-hybridized carbons (Fsp3) is 0.625. The van der Waals surface area contributed by atoms with Crippen LogP contribution in [0.4, 0.5) is 0 Å². The molecule has 3 heteroatoms. The zero-order chi connectivity index (χ0) is 13.9. The molecule has 0 bridgehead atoms. The third-order valence-electron chi connectivity index (χ3n) is 3.64. The minimum atomic E-state index is -0.0216. The van der Waals surface area contributed by atoms with Gasteiger partial charge in [0, 0.05) is 11.6 Å². The lowest BCUT2D eigenvalue weighted by Crippen LogP contribution is -2.36. The van der Waals surface area contributed by atoms with Crippen LogP contribution in [0.25, 0.3) is 0 Å². The van der Waals surface area contributed by atoms with Gasteiger partial charge in [0.25, 0.3) is 0 Å². The molecule has 0 spiro atoms. The monoisotopic (exact) mass is 263 g/mol. The standard InChI is InChI=1S/C16H25NO2/c1-12(2)10-19-15-6-4-14(5-7-15)13(3)17-16(11-18)8-9-16/h4-7,12-13,17-18H,8-11H2,1-3H3. The summed E-state index contributed by atoms with van der Waals surface area (Å²) in [4.78, 5) is 0. The Morgan fingerprint density at radius 3 is 2.32 bits per heavy atom. The van der Waals surface area contributed by atoms with Crippen LogP contribution in [0.3, 0.4) is 0 Å². The minimum absolute atomic E-state index is 0.0216. The van der Waals surface area contributed by atoms with Gasteiger partial charge in [-0.05, 0) is 43.4 Å². The predicted octanol–water partition coefficient (Wildman–Crippen LogP) is 2.90. The van der Waals surface area contributed by atoms with Crippen molar-refractivity contribution in [3.8, 4) is 5.75 Å². The number of aliphatic hydroxyl groups is 1. The summed E-state index contributed by atoms with van der Waals surface area (Å²) >= 11 is 0. The second-order valence-corrected chi connectivity index (χ2v) is 6.08. The van der Waals surface area contributed by atoms with E-state index in [0.29, 0.717) is 5.92 Å². The molecule has 0 saturated heterocycles. The van der Waals surface area contributed by atoms with Crippen LogP contribution in [-0.4, -0.2) is 23.9 Å². The van der Waals surface area contributed by atoms with Gasteiger partial charge in [0.2, 0.25) is 0 Å². The number of rotatable bonds is 7. The van der Waals surface area contributed by atoms with E-state index in [-0.39, 0.29) is 18.2 Å². The molecule has 1 fully saturated rings. The molecule has 2 rings (SSSR count). The lowest BCUT2D eigenvalue weighted by atomic mass is 10.1. The van der Waals surface area contributed by atoms with E-state index in [9.17, 15) is 5.11 Å². The molecule has 0 aromatic heterocycles. The van der Waals surface area contributed by atoms with Gasteiger partial charge in [0.15, 0.2) is 0 Å². The van der Waals surface area contributed by atoms with Crippen molar-refractivity contribution in [2.75, 3.05) is 13.2 Å². The Labute approximate surface area is 116 Å². The van der Waals surface area contributed by atoms with E-state index >= 15 is 0 Å². The van der Waals surface area contributed by atoms with E-state index in [0.717, 1.165) is 25.2 Å². The second kappa shape index (κ2) is 5.93. The molecule has 0 heterocycles. The maximum atomic E-state index is 9.34. The number of aliphatic hydroxyl groups excluding tert-OH is 1. The maximum absolute atomic E-state index is 9.34. The van der Waals surface area contributed by atoms with Crippen molar-refractivity contribution in [2.24, 2.45) is 5.92 Å². The Morgan fingerprint density at radius 1 is 1.21 bits per heavy atom. The highest BCUT2D eigenvalue weighted by molar-refractivity contribution is 5.29. The summed E-state index contributed by atoms with van der Waals surface area (Å²) in [5, 5.41) is 12.8. The molecule has 106 valence electrons. The molecule has 0 aliphatic heterocycles. The molecule has 0 amide bonds. The highest BCUT2D eigenvalue weighted by Gasteiger charge is 2.42. The summed E-state index contributed by atoms with van der Waals surface area (Å²) in [5.41, 5.74) is 1.21. The zero-order valence-corrected chi connectivity index (χ0v) is 12.1. The van der Waals surface area contributed by atoms with Gasteiger partial charge in [-0.3, -0.25) is 0 Å². The first kappa shape index (κ1) is 14.4. The number of benzene rings is 1. The summed E-state index contributed by atoms with van der Waals surface area (Å²) in [6.07, 6.45) is 2.15. The Bertz CT molecular complexity index is 396. The zero-order valence-electron chi connectivity index (χ0n) is 12.1. The van der Waals surface area contributed by atoms with E-state index in [1.165, 1.54) is 5.56 Å². The first-order chi connectivity index (χ1) is 9.04. The Balaban J connectivity index is 1.90. The van der Waals surface area contributed by atoms with E-state index < -0.39 is 0 Å². The molecule has 1 saturated carbocycles. The lowest BCUT2D eigenvalue weighted by Gasteiger charge is -2.21. The van der Waals surface area contributed by atoms with Crippen molar-refractivity contribution in [1.82, 2.24) is 5.32 Å². The molecule has 1 atom stereocenters. The summed E-state index contributed by atoms with van der Waals surface area (Å²) in [6.45, 7) is 7.40. The summed E-state index contributed by atoms with van der Waals surface area (Å²) in [6, 6.07) is 8.50. The molecule has 1 aromatic rings. The molecular formula is C16H25NO2. The Hall–Kier alpha value is -1.06. The van der Waals surface area contributed by atoms with Gasteiger partial charge in [-0.1, -0.05) is 26.0 Å². The first-order valence-electron chi connectivity index (χ1n) is 7.16. The van der Waals surface area contributed by atoms with Crippen LogP contribution in [0.1, 0.15) is 45.2 Å². The van der Waals surface area contributed by atoms with Crippen LogP contribution in [0.5, 0.6) is 5.75 Å². The number of nitrogens with one attached hydrogen (secondary N) is 1. The summed E-state index contributed by atoms with van der Waals surface area (Å²) in [7, 11) is 0. The fourth-order valence-corrected chi connectivity index (χ4v) is 2.16. The summed E-state index contributed by atoms with van der Waals surface area (Å²) < 4.78 is 5.68. The van der Waals surface area contributed by atoms with E-state index in [1.54, 1.807) is 0 Å². The third-order valence-corrected chi connectivity index (χ3v) is 3.64. The average molecular weight is 263 g/mol. The van der Waals surface area contributed by atoms with Crippen LogP contribution < -0.4 is 10.1 Å². The molecule has 19 heavy (non-hydrogen) atoms. The van der Waals surface area contributed by atoms with Crippen LogP contribution >= 0.6 is 0 Å². The molecule has 1 aromatic carbocycles. The van der Waals surface area contributed by atoms with Gasteiger partial charge in [-0.15, -0.1) is 0 Å². The lowest BCUT2D eigenvalue weighted by molar-refractivity contribution is 0.221. The first-order valence-corrected chi connectivity index (χ1v) is 7.16. The Morgan fingerprint density at radius 2 is 1.84 bits per heavy atom. The van der Waals surface area contributed by atoms with Crippen LogP contribution in [0.2, 0.25) is 0 Å². The molecule has 1 aliphatic carbocycles. The van der Waals surface area contributed by atoms with Crippen LogP contribution in [0.15, 0.2) is 24.3 Å². The molecule has 1 unspecified atom stereocenters. The van der Waals surface area contributed by atoms with E-state index in [1.807, 2.05) is 12.1 Å². The maximum Gasteiger partial charge on any atom is 0.119 e. The van der Waals surface area contributed by atoms with Crippen LogP contribution in [-0.2, 0) is 0 Å². The third kappa shape index (κ3) is 3.95. The molecule has 3 nitrogen and oxygen atoms in total. The Kier molecular flexibility index (Phi) is 4.48. The van der Waals surface area contributed by atoms with Crippen molar-refractivity contribution < 1.29 is 9.84 Å². The second-order valence-electron chi connectivity index (χ2n) is 6.08. The van der Waals surface area contributed by atoms with Crippen molar-refractivity contribution in [2.45, 2.75) is 45.2 Å². The largest absolute Gasteiger partial charge is 0.493 e. The van der Waals surface area contributed by atoms with Crippen molar-refractivity contribution in [3.05, 3.63) is 29.8 Å². The molecular weight excluding hydrogens is 238 g/mol. The van der Waals surface area contributed by atoms with Crippen molar-refractivity contribution in [1.29, 1.82) is 0 Å². The van der Waals surface area contributed by atoms with Gasteiger partial charge in [-0.2, -0.15) is 0 Å². The average Bonchev–Trinajstić information content (AvgIpc) is 3.17. The SMILES string of the molecule is CC(C)COc1ccc(C(C)NC2(CO)CC2)cc1. The quantitative estimate of drug-likeness (QED) is 0.795. The van der Waals surface area contributed by atoms with Gasteiger partial charge in [0.05, 0.1) is 13.2 Å². The van der Waals surface area contributed by atoms with E-state index in [4.69, 9.17) is 4.74 Å². The van der Waals surface area contributed by atoms with Crippen molar-refractivity contribution in [3.63, 3.8) is 0 Å². The predicted molar refractivity (Wildman–Crippen MR) is 77.4 cm³/mol. The molecule has 1 aliphatic rings. The number of hydrogen-bond donors (Lipinski definition) is 2. The molecule has 2 N–H and O–H groups in total. The van der Waals surface area contributed by atoms with Gasteiger partial charge in [-0.25, -0.2) is 0 Å². The highest BCUT2D eigenvalue weighted by Crippen LogP contribution is 2.37. The number of ether oxygens (including phenoxy) is 1. The van der Waals surface area contributed by atoms with Gasteiger partial charge < -0.3 is 15.2 Å². The normalized spacial score (nSPS) is 18.4. The van der Waals surface area contributed by atoms with Gasteiger partial charge in [0.1, 0.15) is 5.75 Å². The van der Waals surface area contributed by atoms with Crippen LogP contribution in [0, 0.1) is 5.92 Å². The summed E-state index contributed by atoms with van der Waals surface area (Å²) in [5.74, 6) is 1.47. The van der Waals surface area contributed by atoms with E-state index in [2.05, 4.69) is 38.2 Å². The van der Waals surface area contributed by atoms with Gasteiger partial charge >= 0.3 is 0 Å². The smallest absolute Gasteiger partial charge is 0.119 e. The topological polar surface area (TPSA) is 41.5 Å². The molecule has 0 radical (unpaired) electrons. The highest BCUT2D eigenvalue weighted by atomic mass is 16.5. The minimum Gasteiger partial charge on any atom is -0.493 e. The van der Waals surface area contributed by atoms with Crippen molar-refractivity contribution >= 4 is 0 Å². The fourth-order valence-electron chi connectivity index (χ4n) is 2.16. The number of hydrogen-bond acceptors (Lipinski definition) is 3.